The minimum absolute atomic E-state index is 0.121. The van der Waals surface area contributed by atoms with E-state index in [1.807, 2.05) is 26.0 Å². The van der Waals surface area contributed by atoms with Gasteiger partial charge in [0.05, 0.1) is 103 Å². The van der Waals surface area contributed by atoms with Gasteiger partial charge in [-0.2, -0.15) is 0 Å². The molecule has 54 heavy (non-hydrogen) atoms. The standard InChI is InChI=1S/C40H42O14/c1-15-25-29(35-21(51-15)13-23(41)53-35)39(49-9)27-19(43-3)11-17(33(45-5)31(27)37(25)47-7)18-12-20(44-4)28-32(34(18)46-6)38(48-8)26-16(2)52-22-14-24(42)54-36(22)30(26)40(28)50-10/h11-12,15-16,21-22,35-36H,13-14H2,1-10H3/t15-,16-,21-,22-,35+,36+/m1/s1. The molecule has 4 aromatic rings. The zero-order valence-electron chi connectivity index (χ0n) is 31.7. The van der Waals surface area contributed by atoms with Crippen LogP contribution in [0.2, 0.25) is 0 Å². The van der Waals surface area contributed by atoms with Crippen molar-refractivity contribution in [2.24, 2.45) is 0 Å². The van der Waals surface area contributed by atoms with Gasteiger partial charge in [-0.25, -0.2) is 0 Å². The van der Waals surface area contributed by atoms with Crippen molar-refractivity contribution < 1.29 is 66.4 Å². The topological polar surface area (TPSA) is 145 Å². The van der Waals surface area contributed by atoms with Crippen LogP contribution < -0.4 is 37.9 Å². The largest absolute Gasteiger partial charge is 0.496 e. The summed E-state index contributed by atoms with van der Waals surface area (Å²) in [5, 5.41) is 2.18. The Morgan fingerprint density at radius 3 is 1.11 bits per heavy atom. The van der Waals surface area contributed by atoms with Crippen molar-refractivity contribution in [1.82, 2.24) is 0 Å². The first-order valence-electron chi connectivity index (χ1n) is 17.5. The number of methoxy groups -OCH3 is 8. The maximum absolute atomic E-state index is 12.5. The van der Waals surface area contributed by atoms with Crippen molar-refractivity contribution >= 4 is 33.5 Å². The van der Waals surface area contributed by atoms with E-state index in [1.165, 1.54) is 0 Å². The summed E-state index contributed by atoms with van der Waals surface area (Å²) in [4.78, 5) is 25.1. The summed E-state index contributed by atoms with van der Waals surface area (Å²) in [5.41, 5.74) is 3.75. The minimum Gasteiger partial charge on any atom is -0.496 e. The number of carbonyl (C=O) groups is 2. The maximum atomic E-state index is 12.5. The number of rotatable bonds is 9. The first kappa shape index (κ1) is 35.7. The quantitative estimate of drug-likeness (QED) is 0.169. The molecule has 14 heteroatoms. The fraction of sp³-hybridized carbons (Fsp3) is 0.450. The zero-order chi connectivity index (χ0) is 38.3. The van der Waals surface area contributed by atoms with Gasteiger partial charge in [-0.05, 0) is 26.0 Å². The molecule has 2 saturated heterocycles. The number of hydrogen-bond acceptors (Lipinski definition) is 14. The van der Waals surface area contributed by atoms with E-state index < -0.39 is 36.6 Å². The lowest BCUT2D eigenvalue weighted by Crippen LogP contribution is -2.28. The molecule has 286 valence electrons. The van der Waals surface area contributed by atoms with Gasteiger partial charge in [0.2, 0.25) is 0 Å². The molecular formula is C40H42O14. The number of esters is 2. The van der Waals surface area contributed by atoms with E-state index in [2.05, 4.69) is 0 Å². The number of fused-ring (bicyclic) bond motifs is 8. The molecule has 4 aliphatic rings. The van der Waals surface area contributed by atoms with Crippen LogP contribution in [0.15, 0.2) is 12.1 Å². The Kier molecular flexibility index (Phi) is 8.72. The molecule has 4 aliphatic heterocycles. The van der Waals surface area contributed by atoms with E-state index in [4.69, 9.17) is 56.8 Å². The fourth-order valence-electron chi connectivity index (χ4n) is 9.02. The highest BCUT2D eigenvalue weighted by molar-refractivity contribution is 6.12. The molecular weight excluding hydrogens is 704 g/mol. The van der Waals surface area contributed by atoms with Crippen LogP contribution in [0.25, 0.3) is 32.7 Å². The van der Waals surface area contributed by atoms with Gasteiger partial charge in [-0.3, -0.25) is 9.59 Å². The highest BCUT2D eigenvalue weighted by Gasteiger charge is 2.49. The molecule has 0 spiro atoms. The molecule has 0 N–H and O–H groups in total. The van der Waals surface area contributed by atoms with Crippen molar-refractivity contribution in [2.75, 3.05) is 56.9 Å². The Bertz CT molecular complexity index is 2090. The highest BCUT2D eigenvalue weighted by atomic mass is 16.6. The van der Waals surface area contributed by atoms with Crippen molar-refractivity contribution in [1.29, 1.82) is 0 Å². The first-order valence-corrected chi connectivity index (χ1v) is 17.5. The third-order valence-electron chi connectivity index (χ3n) is 11.0. The Labute approximate surface area is 311 Å². The zero-order valence-corrected chi connectivity index (χ0v) is 31.7. The van der Waals surface area contributed by atoms with Gasteiger partial charge in [-0.15, -0.1) is 0 Å². The summed E-state index contributed by atoms with van der Waals surface area (Å²) >= 11 is 0. The average molecular weight is 747 g/mol. The smallest absolute Gasteiger partial charge is 0.309 e. The molecule has 4 aromatic carbocycles. The Morgan fingerprint density at radius 1 is 0.463 bits per heavy atom. The third-order valence-corrected chi connectivity index (χ3v) is 11.0. The second kappa shape index (κ2) is 13.2. The van der Waals surface area contributed by atoms with Crippen LogP contribution in [-0.4, -0.2) is 81.0 Å². The molecule has 0 saturated carbocycles. The van der Waals surface area contributed by atoms with E-state index in [0.717, 1.165) is 0 Å². The van der Waals surface area contributed by atoms with Gasteiger partial charge in [0.15, 0.2) is 12.2 Å². The molecule has 0 unspecified atom stereocenters. The molecule has 8 rings (SSSR count). The van der Waals surface area contributed by atoms with Crippen LogP contribution in [0.5, 0.6) is 46.0 Å². The summed E-state index contributed by atoms with van der Waals surface area (Å²) in [6.07, 6.45) is -3.15. The van der Waals surface area contributed by atoms with Gasteiger partial charge < -0.3 is 56.8 Å². The monoisotopic (exact) mass is 746 g/mol. The third kappa shape index (κ3) is 4.78. The molecule has 0 aliphatic carbocycles. The van der Waals surface area contributed by atoms with E-state index >= 15 is 0 Å². The van der Waals surface area contributed by atoms with Gasteiger partial charge in [0, 0.05) is 33.4 Å². The normalized spacial score (nSPS) is 23.8. The lowest BCUT2D eigenvalue weighted by molar-refractivity contribution is -0.144. The lowest BCUT2D eigenvalue weighted by atomic mass is 9.84. The van der Waals surface area contributed by atoms with Gasteiger partial charge in [0.25, 0.3) is 0 Å². The van der Waals surface area contributed by atoms with E-state index in [0.29, 0.717) is 101 Å². The molecule has 4 heterocycles. The second-order valence-corrected chi connectivity index (χ2v) is 13.5. The van der Waals surface area contributed by atoms with Crippen LogP contribution in [0.1, 0.15) is 73.4 Å². The number of benzene rings is 4. The number of hydrogen-bond donors (Lipinski definition) is 0. The van der Waals surface area contributed by atoms with Gasteiger partial charge in [0.1, 0.15) is 58.2 Å². The predicted molar refractivity (Wildman–Crippen MR) is 193 cm³/mol. The van der Waals surface area contributed by atoms with Crippen LogP contribution in [0.3, 0.4) is 0 Å². The lowest BCUT2D eigenvalue weighted by Gasteiger charge is -2.35. The maximum Gasteiger partial charge on any atom is 0.309 e. The van der Waals surface area contributed by atoms with Crippen LogP contribution in [0.4, 0.5) is 0 Å². The van der Waals surface area contributed by atoms with Gasteiger partial charge >= 0.3 is 11.9 Å². The van der Waals surface area contributed by atoms with Crippen LogP contribution >= 0.6 is 0 Å². The molecule has 0 radical (unpaired) electrons. The molecule has 14 nitrogen and oxygen atoms in total. The first-order chi connectivity index (χ1) is 26.1. The van der Waals surface area contributed by atoms with Crippen molar-refractivity contribution in [2.45, 2.75) is 63.3 Å². The summed E-state index contributed by atoms with van der Waals surface area (Å²) < 4.78 is 73.8. The fourth-order valence-corrected chi connectivity index (χ4v) is 9.02. The summed E-state index contributed by atoms with van der Waals surface area (Å²) in [5.74, 6) is 2.72. The van der Waals surface area contributed by atoms with E-state index in [1.54, 1.807) is 56.9 Å². The second-order valence-electron chi connectivity index (χ2n) is 13.5. The minimum atomic E-state index is -0.708. The molecule has 2 fully saturated rings. The predicted octanol–water partition coefficient (Wildman–Crippen LogP) is 6.62. The van der Waals surface area contributed by atoms with Crippen molar-refractivity contribution in [3.63, 3.8) is 0 Å². The van der Waals surface area contributed by atoms with E-state index in [9.17, 15) is 9.59 Å². The molecule has 0 bridgehead atoms. The van der Waals surface area contributed by atoms with Crippen LogP contribution in [0, 0.1) is 0 Å². The van der Waals surface area contributed by atoms with Crippen LogP contribution in [-0.2, 0) is 28.5 Å². The number of carbonyl (C=O) groups excluding carboxylic acids is 2. The summed E-state index contributed by atoms with van der Waals surface area (Å²) in [7, 11) is 12.5. The van der Waals surface area contributed by atoms with Crippen molar-refractivity contribution in [3.8, 4) is 57.1 Å². The number of ether oxygens (including phenoxy) is 12. The summed E-state index contributed by atoms with van der Waals surface area (Å²) in [6.45, 7) is 3.80. The molecule has 6 atom stereocenters. The Hall–Kier alpha value is -5.34. The van der Waals surface area contributed by atoms with Crippen molar-refractivity contribution in [3.05, 3.63) is 34.4 Å². The van der Waals surface area contributed by atoms with E-state index in [-0.39, 0.29) is 24.8 Å². The van der Waals surface area contributed by atoms with Gasteiger partial charge in [-0.1, -0.05) is 0 Å². The average Bonchev–Trinajstić information content (AvgIpc) is 3.74. The molecule has 0 aromatic heterocycles. The Balaban J connectivity index is 1.51. The Morgan fingerprint density at radius 2 is 0.796 bits per heavy atom. The summed E-state index contributed by atoms with van der Waals surface area (Å²) in [6, 6.07) is 3.66. The highest BCUT2D eigenvalue weighted by Crippen LogP contribution is 2.62. The SMILES string of the molecule is COc1cc(-c2cc(OC)c3c(OC)c4c(c(OC)c3c2OC)[C@@H](C)O[C@@H]2CC(=O)O[C@H]42)c(OC)c2c(OC)c3c(c(OC)c12)[C@H]1OC(=O)C[C@H]1O[C@@H]3C. The molecule has 0 amide bonds.